The Morgan fingerprint density at radius 1 is 0.424 bits per heavy atom. The molecule has 0 bridgehead atoms. The molecular formula is C102H143FN20O12S4. The number of alkyl halides is 1. The maximum Gasteiger partial charge on any atom is 0.280 e. The number of nitrogens with zero attached hydrogens (tertiary/aromatic N) is 12. The predicted octanol–water partition coefficient (Wildman–Crippen LogP) is 16.6. The number of rotatable bonds is 28. The van der Waals surface area contributed by atoms with Gasteiger partial charge in [0.1, 0.15) is 51.7 Å². The Morgan fingerprint density at radius 2 is 0.719 bits per heavy atom. The van der Waals surface area contributed by atoms with Crippen LogP contribution in [0.3, 0.4) is 0 Å². The van der Waals surface area contributed by atoms with Gasteiger partial charge >= 0.3 is 0 Å². The highest BCUT2D eigenvalue weighted by Gasteiger charge is 2.43. The van der Waals surface area contributed by atoms with Crippen molar-refractivity contribution < 1.29 is 63.2 Å². The topological polar surface area (TPSA) is 430 Å². The van der Waals surface area contributed by atoms with Gasteiger partial charge in [0, 0.05) is 141 Å². The minimum absolute atomic E-state index is 0.0583. The van der Waals surface area contributed by atoms with Gasteiger partial charge in [0.05, 0.1) is 48.0 Å². The molecule has 8 amide bonds. The van der Waals surface area contributed by atoms with Crippen molar-refractivity contribution in [2.75, 3.05) is 73.6 Å². The first-order chi connectivity index (χ1) is 65.3. The lowest BCUT2D eigenvalue weighted by Crippen LogP contribution is -2.47. The van der Waals surface area contributed by atoms with Crippen molar-refractivity contribution >= 4 is 116 Å². The van der Waals surface area contributed by atoms with Crippen molar-refractivity contribution in [1.82, 2.24) is 80.7 Å². The molecule has 2 unspecified atom stereocenters. The molecule has 8 aromatic rings. The fraction of sp³-hybridized carbons (Fsp3) is 0.608. The molecule has 4 aliphatic carbocycles. The first-order valence-corrected chi connectivity index (χ1v) is 52.6. The van der Waals surface area contributed by atoms with Crippen LogP contribution in [0.5, 0.6) is 0 Å². The minimum atomic E-state index is -1.27. The number of hydrogen-bond acceptors (Lipinski definition) is 28. The molecule has 32 nitrogen and oxygen atoms in total. The van der Waals surface area contributed by atoms with E-state index >= 15 is 0 Å². The number of amides is 8. The van der Waals surface area contributed by atoms with Crippen LogP contribution in [-0.2, 0) is 0 Å². The summed E-state index contributed by atoms with van der Waals surface area (Å²) in [7, 11) is 0. The van der Waals surface area contributed by atoms with Gasteiger partial charge in [-0.3, -0.25) is 38.4 Å². The molecule has 4 saturated heterocycles. The number of aromatic nitrogens is 8. The average molecular weight is 1990 g/mol. The zero-order valence-corrected chi connectivity index (χ0v) is 87.7. The average Bonchev–Trinajstić information content (AvgIpc) is 1.62. The number of pyridine rings is 4. The number of hydrogen-bond donors (Lipinski definition) is 12. The Labute approximate surface area is 832 Å². The highest BCUT2D eigenvalue weighted by Crippen LogP contribution is 2.44. The molecule has 12 heterocycles. The van der Waals surface area contributed by atoms with Crippen LogP contribution in [0, 0.1) is 33.6 Å². The number of thiazole rings is 4. The van der Waals surface area contributed by atoms with Crippen LogP contribution in [-0.4, -0.2) is 255 Å². The van der Waals surface area contributed by atoms with E-state index in [1.165, 1.54) is 46.9 Å². The van der Waals surface area contributed by atoms with Gasteiger partial charge < -0.3 is 82.6 Å². The number of carbonyl (C=O) groups is 8. The summed E-state index contributed by atoms with van der Waals surface area (Å²) in [5.74, 6) is 1.44. The van der Waals surface area contributed by atoms with Gasteiger partial charge in [-0.2, -0.15) is 0 Å². The van der Waals surface area contributed by atoms with Gasteiger partial charge in [-0.25, -0.2) is 44.3 Å². The molecule has 0 spiro atoms. The number of nitrogens with one attached hydrogen (secondary N) is 8. The Morgan fingerprint density at radius 3 is 0.971 bits per heavy atom. The molecule has 8 aromatic heterocycles. The van der Waals surface area contributed by atoms with Gasteiger partial charge in [0.25, 0.3) is 47.3 Å². The van der Waals surface area contributed by atoms with E-state index in [2.05, 4.69) is 131 Å². The van der Waals surface area contributed by atoms with E-state index in [-0.39, 0.29) is 129 Å². The van der Waals surface area contributed by atoms with Gasteiger partial charge in [-0.05, 0) is 312 Å². The van der Waals surface area contributed by atoms with Crippen molar-refractivity contribution in [3.63, 3.8) is 0 Å². The molecule has 7 atom stereocenters. The first kappa shape index (κ1) is 106. The fourth-order valence-electron chi connectivity index (χ4n) is 18.4. The molecule has 37 heteroatoms. The zero-order chi connectivity index (χ0) is 101. The number of anilines is 4. The molecule has 139 heavy (non-hydrogen) atoms. The Hall–Kier alpha value is -10.2. The second-order valence-corrected chi connectivity index (χ2v) is 46.9. The van der Waals surface area contributed by atoms with E-state index in [1.54, 1.807) is 64.3 Å². The van der Waals surface area contributed by atoms with Crippen LogP contribution in [0.25, 0.3) is 41.8 Å². The number of halogens is 1. The predicted molar refractivity (Wildman–Crippen MR) is 547 cm³/mol. The second-order valence-electron chi connectivity index (χ2n) is 42.9. The van der Waals surface area contributed by atoms with E-state index in [0.717, 1.165) is 157 Å². The molecular weight excluding hydrogens is 1840 g/mol. The number of carbonyl (C=O) groups excluding carboxylic acids is 8. The summed E-state index contributed by atoms with van der Waals surface area (Å²) in [6, 6.07) is 8.45. The van der Waals surface area contributed by atoms with Crippen molar-refractivity contribution in [2.45, 2.75) is 342 Å². The van der Waals surface area contributed by atoms with Gasteiger partial charge in [-0.1, -0.05) is 6.92 Å². The molecule has 0 aromatic carbocycles. The van der Waals surface area contributed by atoms with Crippen LogP contribution >= 0.6 is 45.3 Å². The lowest BCUT2D eigenvalue weighted by atomic mass is 9.80. The maximum atomic E-state index is 14.7. The fourth-order valence-corrected chi connectivity index (χ4v) is 22.6. The summed E-state index contributed by atoms with van der Waals surface area (Å²) in [6.45, 7) is 42.0. The number of aryl methyl sites for hydroxylation is 4. The molecule has 0 radical (unpaired) electrons. The Kier molecular flexibility index (Phi) is 33.4. The standard InChI is InChI=1S/C26H36FN5O3S.C26H37N5O3S.2C25H35N5O3S/c1-15-12-19(30-18-9-6-10-26(18,5)27)28-13-17(15)21-20(24(34)32-11-7-8-16(32)2)31-23(36-21)22(33)29-14-25(3,4)35;1-6-19(17-9-10-17)29-20-12-15(2)18(13-27-20)22-21(25(33)31-11-7-8-16(31)3)30-24(35-22)23(32)28-14-26(4,5)34;2*1-15-12-18(29-24(3,4)5)26-13-17(15)20-19(23(32)30-11-6-8-16(30)2)28-22(34-20)21(31)27-14-25(33)9-7-10-25/h12-13,16,18,35H,6-11,14H2,1-5H3,(H,28,30)(H,29,33);12-13,16-17,19,34H,6-11,14H2,1-5H3,(H,27,29)(H,28,32);2*12-13,16,33H,6-11,14H2,1-5H3,(H,26,29)(H,27,31)/t16-,18?,26?;16-,19-;2*16-/m0000/s1. The minimum Gasteiger partial charge on any atom is -0.389 e. The molecule has 8 fully saturated rings. The van der Waals surface area contributed by atoms with Crippen LogP contribution in [0.15, 0.2) is 49.1 Å². The third kappa shape index (κ3) is 27.0. The highest BCUT2D eigenvalue weighted by molar-refractivity contribution is 7.18. The Balaban J connectivity index is 0.000000156. The lowest BCUT2D eigenvalue weighted by Gasteiger charge is -2.36. The molecule has 754 valence electrons. The normalized spacial score (nSPS) is 20.7. The summed E-state index contributed by atoms with van der Waals surface area (Å²) < 4.78 is 14.7. The van der Waals surface area contributed by atoms with Crippen molar-refractivity contribution in [3.8, 4) is 41.8 Å². The van der Waals surface area contributed by atoms with Crippen LogP contribution in [0.2, 0.25) is 0 Å². The van der Waals surface area contributed by atoms with Crippen LogP contribution < -0.4 is 42.5 Å². The first-order valence-electron chi connectivity index (χ1n) is 49.3. The molecule has 12 N–H and O–H groups in total. The molecule has 16 rings (SSSR count). The van der Waals surface area contributed by atoms with E-state index < -0.39 is 39.9 Å². The van der Waals surface area contributed by atoms with Crippen LogP contribution in [0.1, 0.15) is 343 Å². The summed E-state index contributed by atoms with van der Waals surface area (Å²) >= 11 is 4.75. The van der Waals surface area contributed by atoms with Crippen LogP contribution in [0.4, 0.5) is 27.7 Å². The van der Waals surface area contributed by atoms with Crippen molar-refractivity contribution in [1.29, 1.82) is 0 Å². The maximum absolute atomic E-state index is 14.7. The van der Waals surface area contributed by atoms with Gasteiger partial charge in [0.2, 0.25) is 0 Å². The molecule has 8 aliphatic rings. The van der Waals surface area contributed by atoms with Gasteiger partial charge in [0.15, 0.2) is 20.0 Å². The number of likely N-dealkylation sites (tertiary alicyclic amines) is 4. The van der Waals surface area contributed by atoms with E-state index in [9.17, 15) is 63.2 Å². The smallest absolute Gasteiger partial charge is 0.280 e. The zero-order valence-electron chi connectivity index (χ0n) is 84.4. The second kappa shape index (κ2) is 43.7. The number of aliphatic hydroxyl groups is 4. The molecule has 4 saturated carbocycles. The quantitative estimate of drug-likeness (QED) is 0.0217. The third-order valence-corrected chi connectivity index (χ3v) is 31.4. The van der Waals surface area contributed by atoms with Crippen molar-refractivity contribution in [2.24, 2.45) is 5.92 Å². The largest absolute Gasteiger partial charge is 0.389 e. The summed E-state index contributed by atoms with van der Waals surface area (Å²) in [5, 5.41) is 66.0. The van der Waals surface area contributed by atoms with E-state index in [0.29, 0.717) is 112 Å². The summed E-state index contributed by atoms with van der Waals surface area (Å²) in [4.78, 5) is 152. The summed E-state index contributed by atoms with van der Waals surface area (Å²) in [5.41, 5.74) is 2.67. The SMILES string of the molecule is CC[C@H](Nc1cc(C)c(-c2sc(C(=O)NCC(C)(C)O)nc2C(=O)N2CCC[C@@H]2C)cn1)C1CC1.Cc1cc(NC(C)(C)C)ncc1-c1sc(C(=O)NCC2(O)CCC2)nc1C(=O)N1CCC[C@@H]1C.Cc1cc(NC(C)(C)C)ncc1-c1sc(C(=O)NCC2(O)CCC2)nc1C(=O)N1CCC[C@@H]1C.Cc1cc(NC2CCCC2(C)F)ncc1-c1sc(C(=O)NCC(C)(C)O)nc1C(=O)N1CCC[C@@H]1C. The third-order valence-electron chi connectivity index (χ3n) is 27.0. The van der Waals surface area contributed by atoms with E-state index in [1.807, 2.05) is 94.4 Å². The highest BCUT2D eigenvalue weighted by atomic mass is 32.1. The van der Waals surface area contributed by atoms with Crippen molar-refractivity contribution in [3.05, 3.63) is 114 Å². The monoisotopic (exact) mass is 1990 g/mol. The lowest BCUT2D eigenvalue weighted by molar-refractivity contribution is -0.0302. The Bertz CT molecular complexity index is 5620. The van der Waals surface area contributed by atoms with E-state index in [4.69, 9.17) is 0 Å². The summed E-state index contributed by atoms with van der Waals surface area (Å²) in [6.07, 6.45) is 25.0. The van der Waals surface area contributed by atoms with Gasteiger partial charge in [-0.15, -0.1) is 45.3 Å². The molecule has 4 aliphatic heterocycles.